The second-order valence-electron chi connectivity index (χ2n) is 6.43. The van der Waals surface area contributed by atoms with Crippen molar-refractivity contribution in [3.63, 3.8) is 0 Å². The van der Waals surface area contributed by atoms with E-state index in [0.717, 1.165) is 42.2 Å². The predicted molar refractivity (Wildman–Crippen MR) is 86.1 cm³/mol. The SMILES string of the molecule is CC(C)[C@H]1CCCN(C(=O)Cn2cc([N+](=O)[O-])ccc2=O)CC1. The highest BCUT2D eigenvalue weighted by atomic mass is 16.6. The molecule has 1 aromatic heterocycles. The van der Waals surface area contributed by atoms with Gasteiger partial charge in [0, 0.05) is 25.2 Å². The third-order valence-electron chi connectivity index (χ3n) is 4.55. The molecule has 0 saturated carbocycles. The first kappa shape index (κ1) is 17.2. The maximum Gasteiger partial charge on any atom is 0.285 e. The summed E-state index contributed by atoms with van der Waals surface area (Å²) in [5.74, 6) is 1.06. The molecule has 1 aliphatic rings. The summed E-state index contributed by atoms with van der Waals surface area (Å²) in [6, 6.07) is 2.28. The van der Waals surface area contributed by atoms with Crippen LogP contribution in [0, 0.1) is 22.0 Å². The van der Waals surface area contributed by atoms with E-state index in [4.69, 9.17) is 0 Å². The second kappa shape index (κ2) is 7.39. The number of amides is 1. The van der Waals surface area contributed by atoms with Gasteiger partial charge in [0.25, 0.3) is 11.2 Å². The molecule has 1 atom stereocenters. The van der Waals surface area contributed by atoms with E-state index in [1.54, 1.807) is 4.90 Å². The fourth-order valence-electron chi connectivity index (χ4n) is 3.03. The third-order valence-corrected chi connectivity index (χ3v) is 4.55. The first-order valence-electron chi connectivity index (χ1n) is 8.01. The quantitative estimate of drug-likeness (QED) is 0.627. The normalized spacial score (nSPS) is 18.7. The van der Waals surface area contributed by atoms with Gasteiger partial charge in [-0.1, -0.05) is 13.8 Å². The number of carbonyl (C=O) groups is 1. The van der Waals surface area contributed by atoms with Crippen LogP contribution in [0.3, 0.4) is 0 Å². The first-order chi connectivity index (χ1) is 10.9. The average molecular weight is 321 g/mol. The van der Waals surface area contributed by atoms with Gasteiger partial charge in [0.1, 0.15) is 6.54 Å². The Balaban J connectivity index is 2.06. The van der Waals surface area contributed by atoms with Crippen LogP contribution in [0.4, 0.5) is 5.69 Å². The van der Waals surface area contributed by atoms with Gasteiger partial charge in [-0.2, -0.15) is 0 Å². The van der Waals surface area contributed by atoms with Gasteiger partial charge in [0.2, 0.25) is 5.91 Å². The smallest absolute Gasteiger partial charge is 0.285 e. The minimum absolute atomic E-state index is 0.146. The highest BCUT2D eigenvalue weighted by Crippen LogP contribution is 2.24. The summed E-state index contributed by atoms with van der Waals surface area (Å²) in [7, 11) is 0. The molecule has 1 aromatic rings. The molecule has 0 unspecified atom stereocenters. The minimum Gasteiger partial charge on any atom is -0.341 e. The Hall–Kier alpha value is -2.18. The topological polar surface area (TPSA) is 85.4 Å². The van der Waals surface area contributed by atoms with Crippen molar-refractivity contribution in [3.8, 4) is 0 Å². The van der Waals surface area contributed by atoms with E-state index in [1.807, 2.05) is 0 Å². The number of hydrogen-bond donors (Lipinski definition) is 0. The molecule has 7 heteroatoms. The molecule has 1 aliphatic heterocycles. The summed E-state index contributed by atoms with van der Waals surface area (Å²) >= 11 is 0. The number of rotatable bonds is 4. The van der Waals surface area contributed by atoms with Gasteiger partial charge in [-0.3, -0.25) is 24.3 Å². The average Bonchev–Trinajstić information content (AvgIpc) is 2.75. The van der Waals surface area contributed by atoms with E-state index >= 15 is 0 Å². The molecule has 0 aromatic carbocycles. The zero-order chi connectivity index (χ0) is 17.0. The van der Waals surface area contributed by atoms with E-state index in [1.165, 1.54) is 0 Å². The monoisotopic (exact) mass is 321 g/mol. The first-order valence-corrected chi connectivity index (χ1v) is 8.01. The summed E-state index contributed by atoms with van der Waals surface area (Å²) < 4.78 is 1.12. The number of nitro groups is 1. The lowest BCUT2D eigenvalue weighted by Crippen LogP contribution is -2.37. The Morgan fingerprint density at radius 1 is 1.35 bits per heavy atom. The molecular formula is C16H23N3O4. The van der Waals surface area contributed by atoms with Crippen molar-refractivity contribution in [2.75, 3.05) is 13.1 Å². The summed E-state index contributed by atoms with van der Waals surface area (Å²) in [5.41, 5.74) is -0.591. The molecule has 2 heterocycles. The zero-order valence-corrected chi connectivity index (χ0v) is 13.6. The van der Waals surface area contributed by atoms with Crippen LogP contribution in [0.5, 0.6) is 0 Å². The number of aromatic nitrogens is 1. The molecule has 0 bridgehead atoms. The third kappa shape index (κ3) is 4.40. The molecular weight excluding hydrogens is 298 g/mol. The predicted octanol–water partition coefficient (Wildman–Crippen LogP) is 2.04. The van der Waals surface area contributed by atoms with Crippen molar-refractivity contribution < 1.29 is 9.72 Å². The summed E-state index contributed by atoms with van der Waals surface area (Å²) in [5, 5.41) is 10.8. The lowest BCUT2D eigenvalue weighted by molar-refractivity contribution is -0.385. The fraction of sp³-hybridized carbons (Fsp3) is 0.625. The molecule has 23 heavy (non-hydrogen) atoms. The Kier molecular flexibility index (Phi) is 5.52. The summed E-state index contributed by atoms with van der Waals surface area (Å²) in [6.45, 7) is 5.62. The Labute approximate surface area is 135 Å². The molecule has 2 rings (SSSR count). The minimum atomic E-state index is -0.570. The zero-order valence-electron chi connectivity index (χ0n) is 13.6. The van der Waals surface area contributed by atoms with E-state index < -0.39 is 10.5 Å². The number of pyridine rings is 1. The van der Waals surface area contributed by atoms with Crippen molar-refractivity contribution in [2.24, 2.45) is 11.8 Å². The van der Waals surface area contributed by atoms with Crippen LogP contribution in [-0.4, -0.2) is 33.4 Å². The Bertz CT molecular complexity index is 638. The Morgan fingerprint density at radius 3 is 2.74 bits per heavy atom. The molecule has 1 fully saturated rings. The van der Waals surface area contributed by atoms with Gasteiger partial charge in [0.15, 0.2) is 0 Å². The number of nitrogens with zero attached hydrogens (tertiary/aromatic N) is 3. The van der Waals surface area contributed by atoms with Crippen molar-refractivity contribution in [3.05, 3.63) is 38.8 Å². The van der Waals surface area contributed by atoms with E-state index in [9.17, 15) is 19.7 Å². The van der Waals surface area contributed by atoms with Crippen molar-refractivity contribution >= 4 is 11.6 Å². The van der Waals surface area contributed by atoms with Crippen LogP contribution >= 0.6 is 0 Å². The lowest BCUT2D eigenvalue weighted by Gasteiger charge is -2.22. The second-order valence-corrected chi connectivity index (χ2v) is 6.43. The van der Waals surface area contributed by atoms with Crippen molar-refractivity contribution in [1.29, 1.82) is 0 Å². The van der Waals surface area contributed by atoms with Gasteiger partial charge in [-0.25, -0.2) is 0 Å². The summed E-state index contributed by atoms with van der Waals surface area (Å²) in [4.78, 5) is 36.2. The van der Waals surface area contributed by atoms with E-state index in [0.29, 0.717) is 24.9 Å². The molecule has 0 aliphatic carbocycles. The standard InChI is InChI=1S/C16H23N3O4/c1-12(2)13-4-3-8-17(9-7-13)16(21)11-18-10-14(19(22)23)5-6-15(18)20/h5-6,10,12-13H,3-4,7-9,11H2,1-2H3/t13-/m0/s1. The Morgan fingerprint density at radius 2 is 2.09 bits per heavy atom. The lowest BCUT2D eigenvalue weighted by atomic mass is 9.89. The van der Waals surface area contributed by atoms with Crippen molar-refractivity contribution in [2.45, 2.75) is 39.7 Å². The van der Waals surface area contributed by atoms with Crippen LogP contribution < -0.4 is 5.56 Å². The van der Waals surface area contributed by atoms with Crippen LogP contribution in [0.15, 0.2) is 23.1 Å². The number of hydrogen-bond acceptors (Lipinski definition) is 4. The van der Waals surface area contributed by atoms with Crippen LogP contribution in [0.1, 0.15) is 33.1 Å². The van der Waals surface area contributed by atoms with E-state index in [2.05, 4.69) is 13.8 Å². The molecule has 126 valence electrons. The molecule has 7 nitrogen and oxygen atoms in total. The van der Waals surface area contributed by atoms with E-state index in [-0.39, 0.29) is 18.1 Å². The molecule has 0 spiro atoms. The molecule has 1 saturated heterocycles. The molecule has 0 N–H and O–H groups in total. The van der Waals surface area contributed by atoms with Gasteiger partial charge < -0.3 is 4.90 Å². The highest BCUT2D eigenvalue weighted by molar-refractivity contribution is 5.76. The highest BCUT2D eigenvalue weighted by Gasteiger charge is 2.23. The van der Waals surface area contributed by atoms with Crippen LogP contribution in [0.25, 0.3) is 0 Å². The number of carbonyl (C=O) groups excluding carboxylic acids is 1. The maximum atomic E-state index is 12.4. The van der Waals surface area contributed by atoms with Crippen LogP contribution in [-0.2, 0) is 11.3 Å². The largest absolute Gasteiger partial charge is 0.341 e. The summed E-state index contributed by atoms with van der Waals surface area (Å²) in [6.07, 6.45) is 4.17. The molecule has 1 amide bonds. The fourth-order valence-corrected chi connectivity index (χ4v) is 3.03. The maximum absolute atomic E-state index is 12.4. The van der Waals surface area contributed by atoms with Gasteiger partial charge in [0.05, 0.1) is 11.1 Å². The van der Waals surface area contributed by atoms with Crippen LogP contribution in [0.2, 0.25) is 0 Å². The van der Waals surface area contributed by atoms with Gasteiger partial charge >= 0.3 is 0 Å². The van der Waals surface area contributed by atoms with Gasteiger partial charge in [-0.15, -0.1) is 0 Å². The van der Waals surface area contributed by atoms with Crippen molar-refractivity contribution in [1.82, 2.24) is 9.47 Å². The molecule has 0 radical (unpaired) electrons. The number of likely N-dealkylation sites (tertiary alicyclic amines) is 1. The van der Waals surface area contributed by atoms with Gasteiger partial charge in [-0.05, 0) is 31.1 Å².